The van der Waals surface area contributed by atoms with Crippen LogP contribution in [0.15, 0.2) is 54.6 Å². The zero-order valence-corrected chi connectivity index (χ0v) is 18.8. The fourth-order valence-electron chi connectivity index (χ4n) is 3.94. The fraction of sp³-hybridized carbons (Fsp3) is 0.333. The van der Waals surface area contributed by atoms with Gasteiger partial charge in [0.05, 0.1) is 11.4 Å². The lowest BCUT2D eigenvalue weighted by atomic mass is 10.1. The van der Waals surface area contributed by atoms with Gasteiger partial charge in [-0.25, -0.2) is 4.68 Å². The topological polar surface area (TPSA) is 71.3 Å². The zero-order valence-electron chi connectivity index (χ0n) is 18.1. The molecule has 1 aliphatic rings. The van der Waals surface area contributed by atoms with Crippen molar-refractivity contribution in [3.8, 4) is 5.69 Å². The first kappa shape index (κ1) is 22.0. The molecular weight excluding hydrogens is 426 g/mol. The SMILES string of the molecule is Cc1c(C(=O)N2CCN(C(=O)CCCc3ccccc3)CC2)nnn1-c1cccc(Cl)c1. The lowest BCUT2D eigenvalue weighted by molar-refractivity contribution is -0.132. The van der Waals surface area contributed by atoms with Gasteiger partial charge in [-0.2, -0.15) is 0 Å². The van der Waals surface area contributed by atoms with E-state index in [-0.39, 0.29) is 11.8 Å². The Morgan fingerprint density at radius 3 is 2.41 bits per heavy atom. The number of nitrogens with zero attached hydrogens (tertiary/aromatic N) is 5. The first-order chi connectivity index (χ1) is 15.5. The smallest absolute Gasteiger partial charge is 0.276 e. The van der Waals surface area contributed by atoms with Crippen molar-refractivity contribution in [2.45, 2.75) is 26.2 Å². The number of carbonyl (C=O) groups is 2. The van der Waals surface area contributed by atoms with E-state index in [1.165, 1.54) is 5.56 Å². The lowest BCUT2D eigenvalue weighted by Gasteiger charge is -2.34. The number of piperazine rings is 1. The highest BCUT2D eigenvalue weighted by Gasteiger charge is 2.28. The van der Waals surface area contributed by atoms with Gasteiger partial charge in [-0.3, -0.25) is 9.59 Å². The molecule has 1 aliphatic heterocycles. The molecule has 32 heavy (non-hydrogen) atoms. The van der Waals surface area contributed by atoms with Crippen molar-refractivity contribution in [3.63, 3.8) is 0 Å². The van der Waals surface area contributed by atoms with Gasteiger partial charge in [0.25, 0.3) is 5.91 Å². The Bertz CT molecular complexity index is 1090. The first-order valence-electron chi connectivity index (χ1n) is 10.8. The Labute approximate surface area is 192 Å². The second kappa shape index (κ2) is 9.96. The lowest BCUT2D eigenvalue weighted by Crippen LogP contribution is -2.50. The van der Waals surface area contributed by atoms with E-state index in [4.69, 9.17) is 11.6 Å². The number of carbonyl (C=O) groups excluding carboxylic acids is 2. The van der Waals surface area contributed by atoms with Crippen LogP contribution in [0.5, 0.6) is 0 Å². The summed E-state index contributed by atoms with van der Waals surface area (Å²) in [6.07, 6.45) is 2.25. The number of hydrogen-bond acceptors (Lipinski definition) is 4. The second-order valence-electron chi connectivity index (χ2n) is 7.93. The highest BCUT2D eigenvalue weighted by atomic mass is 35.5. The van der Waals surface area contributed by atoms with Gasteiger partial charge in [0.15, 0.2) is 5.69 Å². The molecule has 0 spiro atoms. The average Bonchev–Trinajstić information content (AvgIpc) is 3.20. The van der Waals surface area contributed by atoms with E-state index < -0.39 is 0 Å². The fourth-order valence-corrected chi connectivity index (χ4v) is 4.12. The van der Waals surface area contributed by atoms with Gasteiger partial charge < -0.3 is 9.80 Å². The van der Waals surface area contributed by atoms with Crippen molar-refractivity contribution in [3.05, 3.63) is 76.6 Å². The van der Waals surface area contributed by atoms with Crippen LogP contribution in [0.3, 0.4) is 0 Å². The van der Waals surface area contributed by atoms with Crippen LogP contribution < -0.4 is 0 Å². The maximum absolute atomic E-state index is 13.0. The zero-order chi connectivity index (χ0) is 22.5. The minimum absolute atomic E-state index is 0.149. The summed E-state index contributed by atoms with van der Waals surface area (Å²) in [4.78, 5) is 29.2. The van der Waals surface area contributed by atoms with Crippen molar-refractivity contribution in [1.29, 1.82) is 0 Å². The molecule has 0 saturated carbocycles. The molecule has 2 heterocycles. The van der Waals surface area contributed by atoms with Gasteiger partial charge in [-0.1, -0.05) is 53.2 Å². The number of halogens is 1. The monoisotopic (exact) mass is 451 g/mol. The van der Waals surface area contributed by atoms with Crippen molar-refractivity contribution in [2.24, 2.45) is 0 Å². The number of benzene rings is 2. The molecule has 2 aromatic carbocycles. The summed E-state index contributed by atoms with van der Waals surface area (Å²) in [7, 11) is 0. The standard InChI is InChI=1S/C24H26ClN5O2/c1-18-23(26-27-30(18)21-11-6-10-20(25)17-21)24(32)29-15-13-28(14-16-29)22(31)12-5-9-19-7-3-2-4-8-19/h2-4,6-8,10-11,17H,5,9,12-16H2,1H3. The first-order valence-corrected chi connectivity index (χ1v) is 11.2. The predicted molar refractivity (Wildman–Crippen MR) is 123 cm³/mol. The normalized spacial score (nSPS) is 13.9. The Hall–Kier alpha value is -3.19. The number of aryl methyl sites for hydroxylation is 1. The maximum atomic E-state index is 13.0. The van der Waals surface area contributed by atoms with Gasteiger partial charge in [0.1, 0.15) is 0 Å². The third kappa shape index (κ3) is 4.99. The molecule has 2 amide bonds. The van der Waals surface area contributed by atoms with E-state index in [1.807, 2.05) is 42.2 Å². The summed E-state index contributed by atoms with van der Waals surface area (Å²) in [5.74, 6) is -0.0110. The molecule has 4 rings (SSSR count). The molecule has 8 heteroatoms. The van der Waals surface area contributed by atoms with Crippen molar-refractivity contribution < 1.29 is 9.59 Å². The minimum atomic E-state index is -0.160. The van der Waals surface area contributed by atoms with E-state index in [0.717, 1.165) is 18.5 Å². The summed E-state index contributed by atoms with van der Waals surface area (Å²) in [5, 5.41) is 8.85. The van der Waals surface area contributed by atoms with E-state index in [1.54, 1.807) is 21.7 Å². The Balaban J connectivity index is 1.30. The number of hydrogen-bond donors (Lipinski definition) is 0. The largest absolute Gasteiger partial charge is 0.339 e. The summed E-state index contributed by atoms with van der Waals surface area (Å²) >= 11 is 6.07. The number of aromatic nitrogens is 3. The highest BCUT2D eigenvalue weighted by molar-refractivity contribution is 6.30. The van der Waals surface area contributed by atoms with Crippen LogP contribution in [0.2, 0.25) is 5.02 Å². The van der Waals surface area contributed by atoms with E-state index in [2.05, 4.69) is 22.4 Å². The molecule has 0 bridgehead atoms. The summed E-state index contributed by atoms with van der Waals surface area (Å²) in [5.41, 5.74) is 2.99. The summed E-state index contributed by atoms with van der Waals surface area (Å²) in [6.45, 7) is 3.88. The van der Waals surface area contributed by atoms with Crippen molar-refractivity contribution in [1.82, 2.24) is 24.8 Å². The van der Waals surface area contributed by atoms with Crippen LogP contribution in [0.1, 0.15) is 34.6 Å². The minimum Gasteiger partial charge on any atom is -0.339 e. The highest BCUT2D eigenvalue weighted by Crippen LogP contribution is 2.18. The molecule has 0 atom stereocenters. The predicted octanol–water partition coefficient (Wildman–Crippen LogP) is 3.54. The molecule has 0 radical (unpaired) electrons. The molecule has 1 saturated heterocycles. The van der Waals surface area contributed by atoms with E-state index in [0.29, 0.717) is 49.0 Å². The van der Waals surface area contributed by atoms with Gasteiger partial charge in [0, 0.05) is 37.6 Å². The van der Waals surface area contributed by atoms with Crippen LogP contribution >= 0.6 is 11.6 Å². The summed E-state index contributed by atoms with van der Waals surface area (Å²) < 4.78 is 1.62. The summed E-state index contributed by atoms with van der Waals surface area (Å²) in [6, 6.07) is 17.4. The van der Waals surface area contributed by atoms with Crippen LogP contribution in [-0.4, -0.2) is 62.8 Å². The third-order valence-electron chi connectivity index (χ3n) is 5.77. The molecule has 166 valence electrons. The second-order valence-corrected chi connectivity index (χ2v) is 8.36. The molecule has 0 aliphatic carbocycles. The Morgan fingerprint density at radius 2 is 1.69 bits per heavy atom. The Kier molecular flexibility index (Phi) is 6.85. The number of amides is 2. The molecular formula is C24H26ClN5O2. The average molecular weight is 452 g/mol. The number of rotatable bonds is 6. The molecule has 0 N–H and O–H groups in total. The maximum Gasteiger partial charge on any atom is 0.276 e. The molecule has 1 fully saturated rings. The third-order valence-corrected chi connectivity index (χ3v) is 6.00. The van der Waals surface area contributed by atoms with Crippen molar-refractivity contribution in [2.75, 3.05) is 26.2 Å². The van der Waals surface area contributed by atoms with E-state index >= 15 is 0 Å². The van der Waals surface area contributed by atoms with Crippen LogP contribution in [-0.2, 0) is 11.2 Å². The van der Waals surface area contributed by atoms with Gasteiger partial charge >= 0.3 is 0 Å². The van der Waals surface area contributed by atoms with Crippen molar-refractivity contribution >= 4 is 23.4 Å². The van der Waals surface area contributed by atoms with Gasteiger partial charge in [-0.15, -0.1) is 5.10 Å². The Morgan fingerprint density at radius 1 is 0.969 bits per heavy atom. The molecule has 7 nitrogen and oxygen atoms in total. The van der Waals surface area contributed by atoms with Crippen LogP contribution in [0, 0.1) is 6.92 Å². The van der Waals surface area contributed by atoms with Crippen LogP contribution in [0.25, 0.3) is 5.69 Å². The van der Waals surface area contributed by atoms with Gasteiger partial charge in [-0.05, 0) is 43.5 Å². The molecule has 1 aromatic heterocycles. The van der Waals surface area contributed by atoms with E-state index in [9.17, 15) is 9.59 Å². The quantitative estimate of drug-likeness (QED) is 0.574. The van der Waals surface area contributed by atoms with Crippen LogP contribution in [0.4, 0.5) is 0 Å². The molecule has 3 aromatic rings. The molecule has 0 unspecified atom stereocenters. The van der Waals surface area contributed by atoms with Gasteiger partial charge in [0.2, 0.25) is 5.91 Å².